The minimum absolute atomic E-state index is 0.176. The number of alkyl halides is 3. The number of carbonyl (C=O) groups is 3. The predicted molar refractivity (Wildman–Crippen MR) is 123 cm³/mol. The van der Waals surface area contributed by atoms with Crippen LogP contribution in [0.25, 0.3) is 0 Å². The number of halogens is 3. The Morgan fingerprint density at radius 3 is 2.06 bits per heavy atom. The van der Waals surface area contributed by atoms with E-state index in [0.29, 0.717) is 26.4 Å². The molecule has 0 aromatic heterocycles. The summed E-state index contributed by atoms with van der Waals surface area (Å²) in [6, 6.07) is 8.13. The van der Waals surface area contributed by atoms with E-state index >= 15 is 0 Å². The van der Waals surface area contributed by atoms with E-state index in [0.717, 1.165) is 5.56 Å². The summed E-state index contributed by atoms with van der Waals surface area (Å²) in [7, 11) is 0. The number of thiocarbonyl (C=S) groups is 1. The number of rotatable bonds is 15. The summed E-state index contributed by atoms with van der Waals surface area (Å²) < 4.78 is 52.5. The second-order valence-corrected chi connectivity index (χ2v) is 7.32. The SMILES string of the molecule is C[C@H](N)C(=S)N[C@@H](COC(=O)COCCOCCOCc1ccccc1)C(=O)O.O=C(O)C(F)(F)F. The Labute approximate surface area is 210 Å². The second-order valence-electron chi connectivity index (χ2n) is 6.88. The van der Waals surface area contributed by atoms with Gasteiger partial charge in [0.1, 0.15) is 13.2 Å². The molecule has 0 heterocycles. The van der Waals surface area contributed by atoms with Gasteiger partial charge in [-0.25, -0.2) is 14.4 Å². The van der Waals surface area contributed by atoms with Crippen molar-refractivity contribution in [3.8, 4) is 0 Å². The van der Waals surface area contributed by atoms with Crippen LogP contribution in [0, 0.1) is 0 Å². The zero-order chi connectivity index (χ0) is 27.6. The summed E-state index contributed by atoms with van der Waals surface area (Å²) in [5.41, 5.74) is 6.65. The molecule has 5 N–H and O–H groups in total. The van der Waals surface area contributed by atoms with Gasteiger partial charge in [0.2, 0.25) is 0 Å². The molecule has 0 radical (unpaired) electrons. The van der Waals surface area contributed by atoms with Gasteiger partial charge in [-0.1, -0.05) is 42.5 Å². The van der Waals surface area contributed by atoms with Gasteiger partial charge < -0.3 is 40.2 Å². The minimum Gasteiger partial charge on any atom is -0.480 e. The summed E-state index contributed by atoms with van der Waals surface area (Å²) in [5, 5.41) is 18.8. The van der Waals surface area contributed by atoms with E-state index in [1.807, 2.05) is 30.3 Å². The molecule has 0 spiro atoms. The van der Waals surface area contributed by atoms with Crippen molar-refractivity contribution >= 4 is 35.1 Å². The van der Waals surface area contributed by atoms with Crippen LogP contribution in [0.3, 0.4) is 0 Å². The highest BCUT2D eigenvalue weighted by atomic mass is 32.1. The molecule has 0 aliphatic heterocycles. The summed E-state index contributed by atoms with van der Waals surface area (Å²) in [6.45, 7) is 2.79. The normalized spacial score (nSPS) is 12.5. The number of nitrogens with two attached hydrogens (primary N) is 1. The molecule has 36 heavy (non-hydrogen) atoms. The zero-order valence-electron chi connectivity index (χ0n) is 19.4. The van der Waals surface area contributed by atoms with E-state index in [1.54, 1.807) is 6.92 Å². The van der Waals surface area contributed by atoms with E-state index in [-0.39, 0.29) is 24.8 Å². The van der Waals surface area contributed by atoms with Gasteiger partial charge in [0.15, 0.2) is 6.04 Å². The largest absolute Gasteiger partial charge is 0.490 e. The third-order valence-corrected chi connectivity index (χ3v) is 4.25. The van der Waals surface area contributed by atoms with Crippen molar-refractivity contribution in [1.82, 2.24) is 5.32 Å². The molecule has 1 rings (SSSR count). The maximum Gasteiger partial charge on any atom is 0.490 e. The number of nitrogens with one attached hydrogen (secondary N) is 1. The van der Waals surface area contributed by atoms with Gasteiger partial charge in [0, 0.05) is 0 Å². The van der Waals surface area contributed by atoms with Crippen molar-refractivity contribution in [3.63, 3.8) is 0 Å². The van der Waals surface area contributed by atoms with Gasteiger partial charge in [-0.3, -0.25) is 0 Å². The maximum absolute atomic E-state index is 11.6. The number of hydrogen-bond acceptors (Lipinski definition) is 9. The Bertz CT molecular complexity index is 812. The molecule has 204 valence electrons. The maximum atomic E-state index is 11.6. The molecule has 11 nitrogen and oxygen atoms in total. The Morgan fingerprint density at radius 1 is 1.03 bits per heavy atom. The first-order valence-corrected chi connectivity index (χ1v) is 10.8. The van der Waals surface area contributed by atoms with Crippen molar-refractivity contribution in [2.24, 2.45) is 5.73 Å². The fourth-order valence-electron chi connectivity index (χ4n) is 1.95. The van der Waals surface area contributed by atoms with Crippen LogP contribution in [0.15, 0.2) is 30.3 Å². The number of carboxylic acids is 2. The molecular weight excluding hydrogens is 513 g/mol. The van der Waals surface area contributed by atoms with E-state index in [1.165, 1.54) is 0 Å². The van der Waals surface area contributed by atoms with E-state index in [9.17, 15) is 22.8 Å². The second kappa shape index (κ2) is 18.4. The van der Waals surface area contributed by atoms with Gasteiger partial charge in [-0.15, -0.1) is 0 Å². The Balaban J connectivity index is 0.00000152. The van der Waals surface area contributed by atoms with Crippen LogP contribution >= 0.6 is 12.2 Å². The van der Waals surface area contributed by atoms with Gasteiger partial charge in [0.25, 0.3) is 0 Å². The van der Waals surface area contributed by atoms with Crippen LogP contribution in [-0.4, -0.2) is 91.0 Å². The molecule has 0 unspecified atom stereocenters. The van der Waals surface area contributed by atoms with Crippen molar-refractivity contribution in [3.05, 3.63) is 35.9 Å². The molecular formula is C21H29F3N2O9S. The number of carboxylic acid groups (broad SMARTS) is 2. The van der Waals surface area contributed by atoms with Crippen molar-refractivity contribution in [1.29, 1.82) is 0 Å². The third-order valence-electron chi connectivity index (χ3n) is 3.76. The van der Waals surface area contributed by atoms with Crippen LogP contribution in [0.5, 0.6) is 0 Å². The fourth-order valence-corrected chi connectivity index (χ4v) is 2.10. The molecule has 0 saturated heterocycles. The molecule has 1 aromatic carbocycles. The molecule has 0 aliphatic rings. The Morgan fingerprint density at radius 2 is 1.56 bits per heavy atom. The van der Waals surface area contributed by atoms with Gasteiger partial charge in [-0.2, -0.15) is 13.2 Å². The highest BCUT2D eigenvalue weighted by Gasteiger charge is 2.38. The molecule has 0 amide bonds. The monoisotopic (exact) mass is 542 g/mol. The quantitative estimate of drug-likeness (QED) is 0.142. The number of hydrogen-bond donors (Lipinski definition) is 4. The number of ether oxygens (including phenoxy) is 4. The molecule has 0 fully saturated rings. The van der Waals surface area contributed by atoms with Crippen LogP contribution in [-0.2, 0) is 39.9 Å². The van der Waals surface area contributed by atoms with E-state index < -0.39 is 36.2 Å². The average molecular weight is 543 g/mol. The topological polar surface area (TPSA) is 167 Å². The van der Waals surface area contributed by atoms with Crippen molar-refractivity contribution in [2.75, 3.05) is 39.6 Å². The predicted octanol–water partition coefficient (Wildman–Crippen LogP) is 1.13. The fraction of sp³-hybridized carbons (Fsp3) is 0.524. The van der Waals surface area contributed by atoms with E-state index in [2.05, 4.69) is 5.32 Å². The number of benzene rings is 1. The van der Waals surface area contributed by atoms with Crippen LogP contribution < -0.4 is 11.1 Å². The van der Waals surface area contributed by atoms with Gasteiger partial charge >= 0.3 is 24.1 Å². The number of esters is 1. The third kappa shape index (κ3) is 17.6. The lowest BCUT2D eigenvalue weighted by Gasteiger charge is -2.18. The first-order chi connectivity index (χ1) is 16.8. The smallest absolute Gasteiger partial charge is 0.480 e. The number of carbonyl (C=O) groups excluding carboxylic acids is 1. The van der Waals surface area contributed by atoms with E-state index in [4.69, 9.17) is 51.9 Å². The first kappa shape index (κ1) is 33.1. The Kier molecular flexibility index (Phi) is 17.0. The Hall–Kier alpha value is -2.85. The summed E-state index contributed by atoms with van der Waals surface area (Å²) >= 11 is 4.93. The number of aliphatic carboxylic acids is 2. The molecule has 15 heteroatoms. The minimum atomic E-state index is -5.08. The average Bonchev–Trinajstić information content (AvgIpc) is 2.80. The standard InChI is InChI=1S/C19H28N2O7S.C2HF3O2/c1-14(20)18(29)21-16(19(23)24)12-28-17(22)13-27-10-8-25-7-9-26-11-15-5-3-2-4-6-15;3-2(4,5)1(6)7/h2-6,14,16H,7-13,20H2,1H3,(H,21,29)(H,23,24);(H,6,7)/t14-,16-;/m0./s1. The first-order valence-electron chi connectivity index (χ1n) is 10.4. The summed E-state index contributed by atoms with van der Waals surface area (Å²) in [4.78, 5) is 31.8. The molecule has 0 saturated carbocycles. The zero-order valence-corrected chi connectivity index (χ0v) is 20.2. The van der Waals surface area contributed by atoms with Crippen LogP contribution in [0.2, 0.25) is 0 Å². The molecule has 0 bridgehead atoms. The lowest BCUT2D eigenvalue weighted by Crippen LogP contribution is -2.48. The summed E-state index contributed by atoms with van der Waals surface area (Å²) in [6.07, 6.45) is -5.08. The summed E-state index contributed by atoms with van der Waals surface area (Å²) in [5.74, 6) is -4.65. The van der Waals surface area contributed by atoms with Crippen LogP contribution in [0.1, 0.15) is 12.5 Å². The van der Waals surface area contributed by atoms with Gasteiger partial charge in [-0.05, 0) is 12.5 Å². The molecule has 0 aliphatic carbocycles. The van der Waals surface area contributed by atoms with Crippen molar-refractivity contribution in [2.45, 2.75) is 31.8 Å². The van der Waals surface area contributed by atoms with Crippen molar-refractivity contribution < 1.29 is 56.7 Å². The lowest BCUT2D eigenvalue weighted by molar-refractivity contribution is -0.192. The highest BCUT2D eigenvalue weighted by Crippen LogP contribution is 2.13. The lowest BCUT2D eigenvalue weighted by atomic mass is 10.2. The molecule has 2 atom stereocenters. The highest BCUT2D eigenvalue weighted by molar-refractivity contribution is 7.80. The van der Waals surface area contributed by atoms with Gasteiger partial charge in [0.05, 0.1) is 44.1 Å². The van der Waals surface area contributed by atoms with Crippen LogP contribution in [0.4, 0.5) is 13.2 Å². The molecule has 1 aromatic rings.